The summed E-state index contributed by atoms with van der Waals surface area (Å²) in [6.07, 6.45) is 0.460. The Hall–Kier alpha value is -1.62. The van der Waals surface area contributed by atoms with Crippen LogP contribution in [0.3, 0.4) is 0 Å². The minimum absolute atomic E-state index is 0.312. The molecule has 0 bridgehead atoms. The Labute approximate surface area is 118 Å². The number of carbonyl (C=O) groups excluding carboxylic acids is 1. The Morgan fingerprint density at radius 3 is 2.95 bits per heavy atom. The van der Waals surface area contributed by atoms with Crippen LogP contribution in [0.25, 0.3) is 0 Å². The predicted molar refractivity (Wildman–Crippen MR) is 79.4 cm³/mol. The van der Waals surface area contributed by atoms with Crippen LogP contribution in [-0.4, -0.2) is 24.4 Å². The molecule has 102 valence electrons. The topological polar surface area (TPSA) is 41.6 Å². The molecule has 19 heavy (non-hydrogen) atoms. The molecule has 0 fully saturated rings. The number of hydrogen-bond acceptors (Lipinski definition) is 3. The molecular formula is C14H18N2O2S. The quantitative estimate of drug-likeness (QED) is 0.845. The number of thiocarbonyl (C=S) groups is 1. The van der Waals surface area contributed by atoms with E-state index >= 15 is 0 Å². The molecule has 1 heterocycles. The van der Waals surface area contributed by atoms with Crippen molar-refractivity contribution in [3.63, 3.8) is 0 Å². The average molecular weight is 278 g/mol. The van der Waals surface area contributed by atoms with E-state index in [1.165, 1.54) is 5.56 Å². The van der Waals surface area contributed by atoms with Crippen LogP contribution >= 0.6 is 12.2 Å². The van der Waals surface area contributed by atoms with Gasteiger partial charge in [-0.05, 0) is 36.2 Å². The number of para-hydroxylation sites is 1. The highest BCUT2D eigenvalue weighted by atomic mass is 32.1. The van der Waals surface area contributed by atoms with Crippen LogP contribution in [0, 0.1) is 5.92 Å². The highest BCUT2D eigenvalue weighted by molar-refractivity contribution is 7.80. The van der Waals surface area contributed by atoms with Crippen LogP contribution in [-0.2, 0) is 11.2 Å². The summed E-state index contributed by atoms with van der Waals surface area (Å²) in [6.45, 7) is 5.16. The minimum atomic E-state index is -0.483. The summed E-state index contributed by atoms with van der Waals surface area (Å²) >= 11 is 5.26. The number of nitrogens with zero attached hydrogens (tertiary/aromatic N) is 1. The van der Waals surface area contributed by atoms with Crippen LogP contribution in [0.4, 0.5) is 10.5 Å². The maximum Gasteiger partial charge on any atom is 0.413 e. The lowest BCUT2D eigenvalue weighted by atomic mass is 10.2. The van der Waals surface area contributed by atoms with E-state index in [9.17, 15) is 4.79 Å². The van der Waals surface area contributed by atoms with E-state index in [0.717, 1.165) is 18.7 Å². The molecule has 0 atom stereocenters. The van der Waals surface area contributed by atoms with Gasteiger partial charge in [-0.15, -0.1) is 0 Å². The third-order valence-electron chi connectivity index (χ3n) is 2.89. The van der Waals surface area contributed by atoms with Gasteiger partial charge in [-0.1, -0.05) is 32.0 Å². The molecule has 0 saturated carbocycles. The highest BCUT2D eigenvalue weighted by Crippen LogP contribution is 2.27. The lowest BCUT2D eigenvalue weighted by molar-refractivity contribution is 0.138. The zero-order valence-corrected chi connectivity index (χ0v) is 12.0. The highest BCUT2D eigenvalue weighted by Gasteiger charge is 2.22. The van der Waals surface area contributed by atoms with Crippen LogP contribution < -0.4 is 10.2 Å². The second kappa shape index (κ2) is 6.02. The van der Waals surface area contributed by atoms with Crippen molar-refractivity contribution in [3.8, 4) is 0 Å². The maximum atomic E-state index is 11.6. The molecule has 2 rings (SSSR count). The van der Waals surface area contributed by atoms with E-state index in [1.54, 1.807) is 0 Å². The number of anilines is 1. The Kier molecular flexibility index (Phi) is 4.37. The van der Waals surface area contributed by atoms with Gasteiger partial charge in [0.15, 0.2) is 5.11 Å². The van der Waals surface area contributed by atoms with Crippen molar-refractivity contribution in [1.29, 1.82) is 0 Å². The van der Waals surface area contributed by atoms with Crippen LogP contribution in [0.1, 0.15) is 19.4 Å². The fraction of sp³-hybridized carbons (Fsp3) is 0.429. The van der Waals surface area contributed by atoms with Gasteiger partial charge < -0.3 is 9.64 Å². The van der Waals surface area contributed by atoms with Crippen molar-refractivity contribution in [2.24, 2.45) is 5.92 Å². The molecule has 0 unspecified atom stereocenters. The monoisotopic (exact) mass is 278 g/mol. The van der Waals surface area contributed by atoms with Crippen molar-refractivity contribution in [2.75, 3.05) is 18.1 Å². The lowest BCUT2D eigenvalue weighted by Gasteiger charge is -2.20. The first-order chi connectivity index (χ1) is 9.08. The number of rotatable bonds is 2. The standard InChI is InChI=1S/C14H18N2O2S/c1-10(2)9-18-14(17)15-13(19)16-8-7-11-5-3-4-6-12(11)16/h3-6,10H,7-9H2,1-2H3,(H,15,17,19). The van der Waals surface area contributed by atoms with Gasteiger partial charge in [0.1, 0.15) is 0 Å². The Morgan fingerprint density at radius 1 is 1.47 bits per heavy atom. The average Bonchev–Trinajstić information content (AvgIpc) is 2.80. The van der Waals surface area contributed by atoms with Gasteiger partial charge in [0.2, 0.25) is 0 Å². The van der Waals surface area contributed by atoms with Crippen molar-refractivity contribution >= 4 is 29.1 Å². The summed E-state index contributed by atoms with van der Waals surface area (Å²) < 4.78 is 5.06. The molecule has 0 aliphatic carbocycles. The zero-order chi connectivity index (χ0) is 13.8. The van der Waals surface area contributed by atoms with Gasteiger partial charge in [0.25, 0.3) is 0 Å². The minimum Gasteiger partial charge on any atom is -0.449 e. The predicted octanol–water partition coefficient (Wildman–Crippen LogP) is 2.72. The van der Waals surface area contributed by atoms with E-state index in [-0.39, 0.29) is 0 Å². The Morgan fingerprint density at radius 2 is 2.21 bits per heavy atom. The van der Waals surface area contributed by atoms with Gasteiger partial charge in [0, 0.05) is 12.2 Å². The van der Waals surface area contributed by atoms with Crippen molar-refractivity contribution < 1.29 is 9.53 Å². The van der Waals surface area contributed by atoms with E-state index in [2.05, 4.69) is 11.4 Å². The fourth-order valence-electron chi connectivity index (χ4n) is 1.98. The van der Waals surface area contributed by atoms with Crippen LogP contribution in [0.5, 0.6) is 0 Å². The molecule has 5 heteroatoms. The number of nitrogens with one attached hydrogen (secondary N) is 1. The second-order valence-corrected chi connectivity index (χ2v) is 5.34. The molecule has 1 N–H and O–H groups in total. The molecule has 1 aliphatic heterocycles. The van der Waals surface area contributed by atoms with E-state index in [1.807, 2.05) is 36.9 Å². The summed E-state index contributed by atoms with van der Waals surface area (Å²) in [7, 11) is 0. The molecule has 0 spiro atoms. The van der Waals surface area contributed by atoms with E-state index in [0.29, 0.717) is 17.6 Å². The molecule has 0 radical (unpaired) electrons. The summed E-state index contributed by atoms with van der Waals surface area (Å²) in [6, 6.07) is 8.07. The van der Waals surface area contributed by atoms with Gasteiger partial charge in [0.05, 0.1) is 6.61 Å². The number of amides is 1. The van der Waals surface area contributed by atoms with Gasteiger partial charge in [-0.25, -0.2) is 4.79 Å². The smallest absolute Gasteiger partial charge is 0.413 e. The first-order valence-electron chi connectivity index (χ1n) is 6.41. The first-order valence-corrected chi connectivity index (χ1v) is 6.82. The lowest BCUT2D eigenvalue weighted by Crippen LogP contribution is -2.42. The summed E-state index contributed by atoms with van der Waals surface area (Å²) in [4.78, 5) is 13.5. The molecule has 1 aromatic carbocycles. The van der Waals surface area contributed by atoms with Crippen molar-refractivity contribution in [2.45, 2.75) is 20.3 Å². The third-order valence-corrected chi connectivity index (χ3v) is 3.21. The van der Waals surface area contributed by atoms with Gasteiger partial charge in [-0.2, -0.15) is 0 Å². The summed E-state index contributed by atoms with van der Waals surface area (Å²) in [5.41, 5.74) is 2.32. The van der Waals surface area contributed by atoms with E-state index in [4.69, 9.17) is 17.0 Å². The number of alkyl carbamates (subject to hydrolysis) is 1. The van der Waals surface area contributed by atoms with E-state index < -0.39 is 6.09 Å². The molecule has 4 nitrogen and oxygen atoms in total. The molecule has 1 aliphatic rings. The fourth-order valence-corrected chi connectivity index (χ4v) is 2.26. The zero-order valence-electron chi connectivity index (χ0n) is 11.2. The molecule has 1 aromatic rings. The summed E-state index contributed by atoms with van der Waals surface area (Å²) in [5.74, 6) is 0.312. The molecule has 1 amide bonds. The third kappa shape index (κ3) is 3.44. The number of fused-ring (bicyclic) bond motifs is 1. The first kappa shape index (κ1) is 13.8. The maximum absolute atomic E-state index is 11.6. The number of benzene rings is 1. The molecule has 0 aromatic heterocycles. The summed E-state index contributed by atoms with van der Waals surface area (Å²) in [5, 5.41) is 3.02. The normalized spacial score (nSPS) is 13.3. The largest absolute Gasteiger partial charge is 0.449 e. The van der Waals surface area contributed by atoms with Crippen LogP contribution in [0.2, 0.25) is 0 Å². The van der Waals surface area contributed by atoms with Crippen LogP contribution in [0.15, 0.2) is 24.3 Å². The van der Waals surface area contributed by atoms with Gasteiger partial charge in [-0.3, -0.25) is 5.32 Å². The second-order valence-electron chi connectivity index (χ2n) is 4.95. The Balaban J connectivity index is 1.93. The number of carbonyl (C=O) groups is 1. The Bertz CT molecular complexity index is 488. The molecular weight excluding hydrogens is 260 g/mol. The number of hydrogen-bond donors (Lipinski definition) is 1. The SMILES string of the molecule is CC(C)COC(=O)NC(=S)N1CCc2ccccc21. The number of ether oxygens (including phenoxy) is 1. The molecule has 0 saturated heterocycles. The van der Waals surface area contributed by atoms with Crippen molar-refractivity contribution in [3.05, 3.63) is 29.8 Å². The van der Waals surface area contributed by atoms with Gasteiger partial charge >= 0.3 is 6.09 Å². The van der Waals surface area contributed by atoms with Crippen molar-refractivity contribution in [1.82, 2.24) is 5.32 Å².